The number of alkyl carbamates (subject to hydrolysis) is 1. The average molecular weight is 367 g/mol. The molecule has 1 saturated heterocycles. The molecule has 1 amide bonds. The first kappa shape index (κ1) is 17.5. The van der Waals surface area contributed by atoms with Crippen LogP contribution in [0.2, 0.25) is 0 Å². The standard InChI is InChI=1S/C21H21NO5/c23-20(24)19-10-9-13(27-19)11-22-21(25)26-12-18-16-7-3-1-5-14(16)15-6-2-4-8-17(15)18/h1-8,13,18-19H,9-12H2,(H,22,25)(H,23,24). The Hall–Kier alpha value is -2.86. The van der Waals surface area contributed by atoms with Gasteiger partial charge in [-0.1, -0.05) is 48.5 Å². The molecule has 0 aromatic heterocycles. The van der Waals surface area contributed by atoms with E-state index in [0.717, 1.165) is 11.1 Å². The number of fused-ring (bicyclic) bond motifs is 3. The zero-order valence-corrected chi connectivity index (χ0v) is 14.8. The Labute approximate surface area is 157 Å². The van der Waals surface area contributed by atoms with Crippen LogP contribution >= 0.6 is 0 Å². The Morgan fingerprint density at radius 2 is 1.67 bits per heavy atom. The lowest BCUT2D eigenvalue weighted by atomic mass is 9.98. The summed E-state index contributed by atoms with van der Waals surface area (Å²) in [7, 11) is 0. The molecule has 4 rings (SSSR count). The average Bonchev–Trinajstić information content (AvgIpc) is 3.28. The van der Waals surface area contributed by atoms with Gasteiger partial charge < -0.3 is 19.9 Å². The van der Waals surface area contributed by atoms with Crippen molar-refractivity contribution < 1.29 is 24.2 Å². The number of ether oxygens (including phenoxy) is 2. The van der Waals surface area contributed by atoms with Crippen molar-refractivity contribution in [1.29, 1.82) is 0 Å². The first-order valence-electron chi connectivity index (χ1n) is 9.10. The molecular weight excluding hydrogens is 346 g/mol. The minimum absolute atomic E-state index is 0.0160. The van der Waals surface area contributed by atoms with Crippen molar-refractivity contribution in [3.8, 4) is 11.1 Å². The lowest BCUT2D eigenvalue weighted by molar-refractivity contribution is -0.149. The summed E-state index contributed by atoms with van der Waals surface area (Å²) in [4.78, 5) is 23.0. The van der Waals surface area contributed by atoms with Gasteiger partial charge in [0.1, 0.15) is 6.61 Å². The van der Waals surface area contributed by atoms with Crippen LogP contribution < -0.4 is 5.32 Å². The van der Waals surface area contributed by atoms with E-state index in [-0.39, 0.29) is 25.2 Å². The Morgan fingerprint density at radius 1 is 1.04 bits per heavy atom. The van der Waals surface area contributed by atoms with Crippen LogP contribution in [0.4, 0.5) is 4.79 Å². The molecule has 0 saturated carbocycles. The zero-order valence-electron chi connectivity index (χ0n) is 14.8. The first-order valence-corrected chi connectivity index (χ1v) is 9.10. The van der Waals surface area contributed by atoms with E-state index in [1.807, 2.05) is 24.3 Å². The van der Waals surface area contributed by atoms with Gasteiger partial charge in [-0.15, -0.1) is 0 Å². The molecule has 6 heteroatoms. The topological polar surface area (TPSA) is 84.9 Å². The second-order valence-corrected chi connectivity index (χ2v) is 6.87. The van der Waals surface area contributed by atoms with Crippen molar-refractivity contribution in [3.63, 3.8) is 0 Å². The van der Waals surface area contributed by atoms with Gasteiger partial charge in [0.25, 0.3) is 0 Å². The smallest absolute Gasteiger partial charge is 0.407 e. The minimum Gasteiger partial charge on any atom is -0.479 e. The Morgan fingerprint density at radius 3 is 2.26 bits per heavy atom. The zero-order chi connectivity index (χ0) is 18.8. The summed E-state index contributed by atoms with van der Waals surface area (Å²) in [6.07, 6.45) is -0.502. The van der Waals surface area contributed by atoms with Crippen LogP contribution in [0.3, 0.4) is 0 Å². The quantitative estimate of drug-likeness (QED) is 0.848. The summed E-state index contributed by atoms with van der Waals surface area (Å²) in [6.45, 7) is 0.504. The number of carbonyl (C=O) groups is 2. The summed E-state index contributed by atoms with van der Waals surface area (Å²) in [5, 5.41) is 11.6. The van der Waals surface area contributed by atoms with Crippen LogP contribution in [0.5, 0.6) is 0 Å². The van der Waals surface area contributed by atoms with Gasteiger partial charge in [0, 0.05) is 12.5 Å². The van der Waals surface area contributed by atoms with Gasteiger partial charge in [-0.2, -0.15) is 0 Å². The molecule has 2 aliphatic rings. The number of hydrogen-bond donors (Lipinski definition) is 2. The molecule has 0 radical (unpaired) electrons. The fourth-order valence-corrected chi connectivity index (χ4v) is 3.88. The van der Waals surface area contributed by atoms with Crippen molar-refractivity contribution in [3.05, 3.63) is 59.7 Å². The normalized spacial score (nSPS) is 20.7. The summed E-state index contributed by atoms with van der Waals surface area (Å²) in [6, 6.07) is 16.3. The molecule has 6 nitrogen and oxygen atoms in total. The van der Waals surface area contributed by atoms with Crippen LogP contribution in [0.15, 0.2) is 48.5 Å². The maximum Gasteiger partial charge on any atom is 0.407 e. The number of hydrogen-bond acceptors (Lipinski definition) is 4. The van der Waals surface area contributed by atoms with Gasteiger partial charge in [-0.25, -0.2) is 9.59 Å². The van der Waals surface area contributed by atoms with Crippen molar-refractivity contribution in [2.24, 2.45) is 0 Å². The highest BCUT2D eigenvalue weighted by atomic mass is 16.6. The lowest BCUT2D eigenvalue weighted by Crippen LogP contribution is -2.34. The van der Waals surface area contributed by atoms with E-state index in [1.165, 1.54) is 11.1 Å². The number of benzene rings is 2. The molecule has 1 aliphatic carbocycles. The number of nitrogens with one attached hydrogen (secondary N) is 1. The second kappa shape index (κ2) is 7.40. The minimum atomic E-state index is -0.960. The second-order valence-electron chi connectivity index (χ2n) is 6.87. The summed E-state index contributed by atoms with van der Waals surface area (Å²) in [5.74, 6) is -0.944. The predicted octanol–water partition coefficient (Wildman–Crippen LogP) is 3.16. The van der Waals surface area contributed by atoms with Crippen LogP contribution in [-0.4, -0.2) is 42.5 Å². The molecule has 0 bridgehead atoms. The molecule has 27 heavy (non-hydrogen) atoms. The van der Waals surface area contributed by atoms with E-state index in [0.29, 0.717) is 12.8 Å². The van der Waals surface area contributed by atoms with Gasteiger partial charge in [0.05, 0.1) is 6.10 Å². The molecule has 1 aliphatic heterocycles. The van der Waals surface area contributed by atoms with Gasteiger partial charge in [0.2, 0.25) is 0 Å². The van der Waals surface area contributed by atoms with E-state index >= 15 is 0 Å². The van der Waals surface area contributed by atoms with Crippen molar-refractivity contribution >= 4 is 12.1 Å². The van der Waals surface area contributed by atoms with Gasteiger partial charge >= 0.3 is 12.1 Å². The monoisotopic (exact) mass is 367 g/mol. The number of amides is 1. The Bertz CT molecular complexity index is 820. The van der Waals surface area contributed by atoms with Gasteiger partial charge in [-0.3, -0.25) is 0 Å². The van der Waals surface area contributed by atoms with Crippen LogP contribution in [0.25, 0.3) is 11.1 Å². The maximum absolute atomic E-state index is 12.1. The number of carboxylic acid groups (broad SMARTS) is 1. The fourth-order valence-electron chi connectivity index (χ4n) is 3.88. The highest BCUT2D eigenvalue weighted by Gasteiger charge is 2.31. The van der Waals surface area contributed by atoms with E-state index in [4.69, 9.17) is 14.6 Å². The van der Waals surface area contributed by atoms with Gasteiger partial charge in [0.15, 0.2) is 6.10 Å². The number of carbonyl (C=O) groups excluding carboxylic acids is 1. The SMILES string of the molecule is O=C(NCC1CCC(C(=O)O)O1)OCC1c2ccccc2-c2ccccc21. The summed E-state index contributed by atoms with van der Waals surface area (Å²) < 4.78 is 10.8. The summed E-state index contributed by atoms with van der Waals surface area (Å²) >= 11 is 0. The van der Waals surface area contributed by atoms with Crippen LogP contribution in [0.1, 0.15) is 29.9 Å². The molecule has 2 aromatic carbocycles. The van der Waals surface area contributed by atoms with Crippen molar-refractivity contribution in [2.45, 2.75) is 31.0 Å². The molecule has 140 valence electrons. The molecular formula is C21H21NO5. The Balaban J connectivity index is 1.34. The van der Waals surface area contributed by atoms with Crippen molar-refractivity contribution in [2.75, 3.05) is 13.2 Å². The molecule has 0 spiro atoms. The van der Waals surface area contributed by atoms with E-state index < -0.39 is 18.2 Å². The maximum atomic E-state index is 12.1. The fraction of sp³-hybridized carbons (Fsp3) is 0.333. The molecule has 1 fully saturated rings. The van der Waals surface area contributed by atoms with Gasteiger partial charge in [-0.05, 0) is 35.1 Å². The Kier molecular flexibility index (Phi) is 4.81. The number of aliphatic carboxylic acids is 1. The molecule has 2 atom stereocenters. The number of rotatable bonds is 5. The highest BCUT2D eigenvalue weighted by molar-refractivity contribution is 5.79. The van der Waals surface area contributed by atoms with Crippen LogP contribution in [-0.2, 0) is 14.3 Å². The molecule has 2 N–H and O–H groups in total. The molecule has 2 aromatic rings. The van der Waals surface area contributed by atoms with E-state index in [9.17, 15) is 9.59 Å². The third-order valence-electron chi connectivity index (χ3n) is 5.20. The van der Waals surface area contributed by atoms with Crippen LogP contribution in [0, 0.1) is 0 Å². The highest BCUT2D eigenvalue weighted by Crippen LogP contribution is 2.44. The summed E-state index contributed by atoms with van der Waals surface area (Å²) in [5.41, 5.74) is 4.69. The third-order valence-corrected chi connectivity index (χ3v) is 5.20. The largest absolute Gasteiger partial charge is 0.479 e. The van der Waals surface area contributed by atoms with E-state index in [2.05, 4.69) is 29.6 Å². The lowest BCUT2D eigenvalue weighted by Gasteiger charge is -2.16. The first-order chi connectivity index (χ1) is 13.1. The van der Waals surface area contributed by atoms with E-state index in [1.54, 1.807) is 0 Å². The molecule has 2 unspecified atom stereocenters. The van der Waals surface area contributed by atoms with Crippen molar-refractivity contribution in [1.82, 2.24) is 5.32 Å². The predicted molar refractivity (Wildman–Crippen MR) is 98.6 cm³/mol. The third kappa shape index (κ3) is 3.53. The number of carboxylic acids is 1. The molecule has 1 heterocycles.